The van der Waals surface area contributed by atoms with E-state index >= 15 is 0 Å². The first-order chi connectivity index (χ1) is 13.2. The Labute approximate surface area is 161 Å². The Morgan fingerprint density at radius 2 is 1.96 bits per heavy atom. The largest absolute Gasteiger partial charge is 0.487 e. The van der Waals surface area contributed by atoms with Crippen molar-refractivity contribution < 1.29 is 9.47 Å². The van der Waals surface area contributed by atoms with Gasteiger partial charge in [-0.15, -0.1) is 0 Å². The van der Waals surface area contributed by atoms with Crippen molar-refractivity contribution in [2.24, 2.45) is 0 Å². The Balaban J connectivity index is 1.26. The number of nitrogens with zero attached hydrogens (tertiary/aromatic N) is 2. The summed E-state index contributed by atoms with van der Waals surface area (Å²) in [6.07, 6.45) is 8.72. The minimum atomic E-state index is 0.0493. The first-order valence-corrected chi connectivity index (χ1v) is 10.4. The average molecular weight is 364 g/mol. The molecule has 4 heteroatoms. The van der Waals surface area contributed by atoms with Crippen LogP contribution < -0.4 is 9.47 Å². The summed E-state index contributed by atoms with van der Waals surface area (Å²) < 4.78 is 12.5. The lowest BCUT2D eigenvalue weighted by molar-refractivity contribution is -0.0337. The van der Waals surface area contributed by atoms with Gasteiger partial charge in [-0.05, 0) is 75.3 Å². The van der Waals surface area contributed by atoms with E-state index in [-0.39, 0.29) is 5.60 Å². The molecule has 4 nitrogen and oxygen atoms in total. The minimum Gasteiger partial charge on any atom is -0.487 e. The predicted octanol–water partition coefficient (Wildman–Crippen LogP) is 4.89. The average Bonchev–Trinajstić information content (AvgIpc) is 2.63. The highest BCUT2D eigenvalue weighted by Crippen LogP contribution is 2.42. The van der Waals surface area contributed by atoms with Gasteiger partial charge in [0.05, 0.1) is 0 Å². The zero-order valence-corrected chi connectivity index (χ0v) is 16.1. The Morgan fingerprint density at radius 1 is 1.11 bits per heavy atom. The highest BCUT2D eigenvalue weighted by Gasteiger charge is 2.41. The van der Waals surface area contributed by atoms with E-state index < -0.39 is 0 Å². The summed E-state index contributed by atoms with van der Waals surface area (Å²) >= 11 is 0. The maximum Gasteiger partial charge on any atom is 0.219 e. The molecule has 0 amide bonds. The number of hydrogen-bond donors (Lipinski definition) is 0. The van der Waals surface area contributed by atoms with E-state index in [9.17, 15) is 0 Å². The highest BCUT2D eigenvalue weighted by molar-refractivity contribution is 5.43. The Hall–Kier alpha value is -2.07. The summed E-state index contributed by atoms with van der Waals surface area (Å²) in [5.74, 6) is 2.53. The van der Waals surface area contributed by atoms with Crippen LogP contribution >= 0.6 is 0 Å². The van der Waals surface area contributed by atoms with Crippen molar-refractivity contribution in [2.75, 3.05) is 13.1 Å². The van der Waals surface area contributed by atoms with Gasteiger partial charge in [0.25, 0.3) is 0 Å². The van der Waals surface area contributed by atoms with Crippen LogP contribution in [0.4, 0.5) is 0 Å². The summed E-state index contributed by atoms with van der Waals surface area (Å²) in [7, 11) is 0. The molecule has 0 N–H and O–H groups in total. The Bertz CT molecular complexity index is 823. The van der Waals surface area contributed by atoms with E-state index in [1.165, 1.54) is 37.9 Å². The van der Waals surface area contributed by atoms with Gasteiger partial charge in [0.15, 0.2) is 0 Å². The molecule has 1 aromatic heterocycles. The van der Waals surface area contributed by atoms with E-state index in [2.05, 4.69) is 22.0 Å². The fourth-order valence-corrected chi connectivity index (χ4v) is 4.66. The summed E-state index contributed by atoms with van der Waals surface area (Å²) in [5.41, 5.74) is 2.27. The third kappa shape index (κ3) is 3.43. The van der Waals surface area contributed by atoms with Gasteiger partial charge in [-0.1, -0.05) is 12.5 Å². The molecule has 0 unspecified atom stereocenters. The number of fused-ring (bicyclic) bond motifs is 1. The number of pyridine rings is 1. The van der Waals surface area contributed by atoms with E-state index in [4.69, 9.17) is 9.47 Å². The zero-order chi connectivity index (χ0) is 18.3. The summed E-state index contributed by atoms with van der Waals surface area (Å²) in [6, 6.07) is 12.9. The number of hydrogen-bond acceptors (Lipinski definition) is 4. The molecule has 5 rings (SSSR count). The van der Waals surface area contributed by atoms with E-state index in [0.717, 1.165) is 48.9 Å². The lowest BCUT2D eigenvalue weighted by atomic mass is 9.81. The van der Waals surface area contributed by atoms with E-state index in [0.29, 0.717) is 5.88 Å². The first kappa shape index (κ1) is 17.1. The van der Waals surface area contributed by atoms with Crippen molar-refractivity contribution in [1.82, 2.24) is 9.88 Å². The van der Waals surface area contributed by atoms with Gasteiger partial charge in [-0.3, -0.25) is 0 Å². The number of aromatic nitrogens is 1. The molecule has 3 aliphatic rings. The second-order valence-corrected chi connectivity index (χ2v) is 8.39. The predicted molar refractivity (Wildman–Crippen MR) is 106 cm³/mol. The van der Waals surface area contributed by atoms with Crippen molar-refractivity contribution in [2.45, 2.75) is 63.5 Å². The fourth-order valence-electron chi connectivity index (χ4n) is 4.66. The molecule has 1 saturated heterocycles. The molecule has 2 fully saturated rings. The smallest absolute Gasteiger partial charge is 0.219 e. The number of rotatable bonds is 3. The Morgan fingerprint density at radius 3 is 2.70 bits per heavy atom. The van der Waals surface area contributed by atoms with Crippen LogP contribution in [0.2, 0.25) is 0 Å². The molecule has 0 radical (unpaired) electrons. The second kappa shape index (κ2) is 6.83. The van der Waals surface area contributed by atoms with Crippen LogP contribution in [0.25, 0.3) is 0 Å². The van der Waals surface area contributed by atoms with Crippen LogP contribution in [0, 0.1) is 6.92 Å². The number of piperidine rings is 1. The third-order valence-corrected chi connectivity index (χ3v) is 6.59. The van der Waals surface area contributed by atoms with Gasteiger partial charge in [0, 0.05) is 30.9 Å². The molecule has 1 aliphatic carbocycles. The molecule has 0 atom stereocenters. The van der Waals surface area contributed by atoms with Crippen LogP contribution in [0.1, 0.15) is 49.8 Å². The molecule has 1 aromatic carbocycles. The zero-order valence-electron chi connectivity index (χ0n) is 16.1. The van der Waals surface area contributed by atoms with E-state index in [1.807, 2.05) is 31.2 Å². The van der Waals surface area contributed by atoms with Crippen molar-refractivity contribution in [3.63, 3.8) is 0 Å². The number of likely N-dealkylation sites (tertiary alicyclic amines) is 1. The molecule has 27 heavy (non-hydrogen) atoms. The molecule has 142 valence electrons. The molecule has 3 heterocycles. The fraction of sp³-hybridized carbons (Fsp3) is 0.522. The molecule has 0 bridgehead atoms. The monoisotopic (exact) mass is 364 g/mol. The Kier molecular flexibility index (Phi) is 4.31. The van der Waals surface area contributed by atoms with Crippen molar-refractivity contribution in [3.8, 4) is 17.4 Å². The van der Waals surface area contributed by atoms with Crippen molar-refractivity contribution >= 4 is 0 Å². The number of benzene rings is 1. The molecule has 2 aromatic rings. The van der Waals surface area contributed by atoms with Gasteiger partial charge in [0.2, 0.25) is 5.88 Å². The van der Waals surface area contributed by atoms with Crippen LogP contribution in [0.15, 0.2) is 36.4 Å². The van der Waals surface area contributed by atoms with Crippen LogP contribution in [0.3, 0.4) is 0 Å². The maximum absolute atomic E-state index is 6.57. The lowest BCUT2D eigenvalue weighted by Crippen LogP contribution is -2.53. The topological polar surface area (TPSA) is 34.6 Å². The van der Waals surface area contributed by atoms with E-state index in [1.54, 1.807) is 0 Å². The highest BCUT2D eigenvalue weighted by atomic mass is 16.5. The number of ether oxygens (including phenoxy) is 2. The van der Waals surface area contributed by atoms with Gasteiger partial charge in [-0.2, -0.15) is 0 Å². The summed E-state index contributed by atoms with van der Waals surface area (Å²) in [4.78, 5) is 7.12. The summed E-state index contributed by atoms with van der Waals surface area (Å²) in [6.45, 7) is 4.36. The number of aryl methyl sites for hydroxylation is 2. The maximum atomic E-state index is 6.57. The summed E-state index contributed by atoms with van der Waals surface area (Å²) in [5, 5.41) is 0. The molecular formula is C23H28N2O2. The van der Waals surface area contributed by atoms with Crippen LogP contribution in [0.5, 0.6) is 17.4 Å². The van der Waals surface area contributed by atoms with Gasteiger partial charge >= 0.3 is 0 Å². The minimum absolute atomic E-state index is 0.0493. The van der Waals surface area contributed by atoms with Crippen LogP contribution in [-0.4, -0.2) is 34.6 Å². The molecule has 1 spiro atoms. The third-order valence-electron chi connectivity index (χ3n) is 6.59. The quantitative estimate of drug-likeness (QED) is 0.776. The SMILES string of the molecule is Cc1cccc(Oc2ccc3c(c2)CCC2(CCN(C4CCC4)CC2)O3)n1. The van der Waals surface area contributed by atoms with Crippen molar-refractivity contribution in [1.29, 1.82) is 0 Å². The van der Waals surface area contributed by atoms with Gasteiger partial charge in [-0.25, -0.2) is 4.98 Å². The lowest BCUT2D eigenvalue weighted by Gasteiger charge is -2.48. The van der Waals surface area contributed by atoms with Crippen LogP contribution in [-0.2, 0) is 6.42 Å². The standard InChI is InChI=1S/C23H28N2O2/c1-17-4-2-7-22(24-17)26-20-8-9-21-18(16-20)10-11-23(27-21)12-14-25(15-13-23)19-5-3-6-19/h2,4,7-9,16,19H,3,5-6,10-15H2,1H3. The molecule has 2 aliphatic heterocycles. The van der Waals surface area contributed by atoms with Crippen molar-refractivity contribution in [3.05, 3.63) is 47.7 Å². The normalized spacial score (nSPS) is 22.0. The molecular weight excluding hydrogens is 336 g/mol. The first-order valence-electron chi connectivity index (χ1n) is 10.4. The van der Waals surface area contributed by atoms with Gasteiger partial charge < -0.3 is 14.4 Å². The second-order valence-electron chi connectivity index (χ2n) is 8.39. The van der Waals surface area contributed by atoms with Gasteiger partial charge in [0.1, 0.15) is 17.1 Å². The molecule has 1 saturated carbocycles.